The number of nitrogens with zero attached hydrogens (tertiary/aromatic N) is 2. The molecule has 1 atom stereocenters. The molecular weight excluding hydrogens is 270 g/mol. The van der Waals surface area contributed by atoms with E-state index in [2.05, 4.69) is 29.1 Å². The molecule has 2 rings (SSSR count). The first kappa shape index (κ1) is 14.5. The standard InChI is InChI=1S/C11H21N3O2S2/c1-11(2)9(12-15)14(10(17)18-11)4-3-13-5-7-16-8-6-13/h9,12,15H,3-8H2,1-2H3. The highest BCUT2D eigenvalue weighted by molar-refractivity contribution is 8.24. The lowest BCUT2D eigenvalue weighted by Crippen LogP contribution is -2.52. The van der Waals surface area contributed by atoms with Crippen LogP contribution in [0, 0.1) is 0 Å². The van der Waals surface area contributed by atoms with Gasteiger partial charge in [0.1, 0.15) is 10.5 Å². The van der Waals surface area contributed by atoms with Crippen LogP contribution in [0.4, 0.5) is 0 Å². The van der Waals surface area contributed by atoms with Gasteiger partial charge < -0.3 is 14.8 Å². The van der Waals surface area contributed by atoms with E-state index in [0.717, 1.165) is 43.7 Å². The highest BCUT2D eigenvalue weighted by Crippen LogP contribution is 2.39. The number of hydroxylamine groups is 1. The number of thioether (sulfide) groups is 1. The summed E-state index contributed by atoms with van der Waals surface area (Å²) in [5.41, 5.74) is 2.40. The van der Waals surface area contributed by atoms with Gasteiger partial charge in [0.25, 0.3) is 0 Å². The Morgan fingerprint density at radius 3 is 2.72 bits per heavy atom. The van der Waals surface area contributed by atoms with E-state index < -0.39 is 0 Å². The molecule has 2 fully saturated rings. The summed E-state index contributed by atoms with van der Waals surface area (Å²) in [5, 5.41) is 9.33. The molecule has 0 spiro atoms. The molecule has 1 unspecified atom stereocenters. The molecule has 7 heteroatoms. The predicted octanol–water partition coefficient (Wildman–Crippen LogP) is 0.736. The van der Waals surface area contributed by atoms with Crippen LogP contribution in [0.25, 0.3) is 0 Å². The van der Waals surface area contributed by atoms with E-state index in [1.807, 2.05) is 0 Å². The maximum atomic E-state index is 9.33. The summed E-state index contributed by atoms with van der Waals surface area (Å²) in [7, 11) is 0. The van der Waals surface area contributed by atoms with Crippen LogP contribution >= 0.6 is 24.0 Å². The van der Waals surface area contributed by atoms with Gasteiger partial charge in [-0.25, -0.2) is 0 Å². The Kier molecular flexibility index (Phi) is 4.85. The molecular formula is C11H21N3O2S2. The van der Waals surface area contributed by atoms with Crippen LogP contribution < -0.4 is 5.48 Å². The van der Waals surface area contributed by atoms with Crippen LogP contribution in [-0.2, 0) is 4.74 Å². The zero-order chi connectivity index (χ0) is 13.2. The molecule has 18 heavy (non-hydrogen) atoms. The van der Waals surface area contributed by atoms with E-state index in [0.29, 0.717) is 0 Å². The minimum absolute atomic E-state index is 0.100. The minimum atomic E-state index is -0.115. The van der Waals surface area contributed by atoms with E-state index in [1.165, 1.54) is 0 Å². The van der Waals surface area contributed by atoms with Crippen LogP contribution in [-0.4, -0.2) is 69.6 Å². The first-order valence-corrected chi connectivity index (χ1v) is 7.46. The third kappa shape index (κ3) is 3.15. The molecule has 2 aliphatic heterocycles. The van der Waals surface area contributed by atoms with Crippen molar-refractivity contribution in [1.29, 1.82) is 0 Å². The molecule has 0 aromatic heterocycles. The van der Waals surface area contributed by atoms with Crippen LogP contribution in [0.5, 0.6) is 0 Å². The van der Waals surface area contributed by atoms with Crippen molar-refractivity contribution < 1.29 is 9.94 Å². The normalized spacial score (nSPS) is 28.9. The van der Waals surface area contributed by atoms with Gasteiger partial charge in [-0.1, -0.05) is 24.0 Å². The summed E-state index contributed by atoms with van der Waals surface area (Å²) < 4.78 is 6.09. The topological polar surface area (TPSA) is 48.0 Å². The third-order valence-corrected chi connectivity index (χ3v) is 5.08. The fourth-order valence-corrected chi connectivity index (χ4v) is 4.24. The molecule has 5 nitrogen and oxygen atoms in total. The average molecular weight is 291 g/mol. The molecule has 0 bridgehead atoms. The average Bonchev–Trinajstić information content (AvgIpc) is 2.56. The van der Waals surface area contributed by atoms with E-state index in [-0.39, 0.29) is 10.9 Å². The molecule has 0 amide bonds. The largest absolute Gasteiger partial charge is 0.379 e. The smallest absolute Gasteiger partial charge is 0.138 e. The van der Waals surface area contributed by atoms with Gasteiger partial charge >= 0.3 is 0 Å². The van der Waals surface area contributed by atoms with Gasteiger partial charge in [0.15, 0.2) is 0 Å². The molecule has 2 aliphatic rings. The molecule has 2 heterocycles. The second-order valence-corrected chi connectivity index (χ2v) is 7.44. The number of morpholine rings is 1. The highest BCUT2D eigenvalue weighted by Gasteiger charge is 2.44. The van der Waals surface area contributed by atoms with Crippen molar-refractivity contribution in [3.05, 3.63) is 0 Å². The number of thiocarbonyl (C=S) groups is 1. The van der Waals surface area contributed by atoms with Gasteiger partial charge in [-0.15, -0.1) is 0 Å². The lowest BCUT2D eigenvalue weighted by molar-refractivity contribution is 0.0244. The summed E-state index contributed by atoms with van der Waals surface area (Å²) in [6.45, 7) is 9.56. The zero-order valence-corrected chi connectivity index (χ0v) is 12.5. The van der Waals surface area contributed by atoms with Crippen LogP contribution in [0.15, 0.2) is 0 Å². The Bertz CT molecular complexity index is 309. The Labute approximate surface area is 118 Å². The summed E-state index contributed by atoms with van der Waals surface area (Å²) in [6, 6.07) is 0. The molecule has 2 N–H and O–H groups in total. The molecule has 0 aromatic rings. The maximum absolute atomic E-state index is 9.33. The fourth-order valence-electron chi connectivity index (χ4n) is 2.34. The number of ether oxygens (including phenoxy) is 1. The Balaban J connectivity index is 1.89. The SMILES string of the molecule is CC1(C)SC(=S)N(CCN2CCOCC2)C1NO. The third-order valence-electron chi connectivity index (χ3n) is 3.44. The zero-order valence-electron chi connectivity index (χ0n) is 10.9. The first-order chi connectivity index (χ1) is 8.54. The first-order valence-electron chi connectivity index (χ1n) is 6.24. The second kappa shape index (κ2) is 6.02. The molecule has 0 radical (unpaired) electrons. The highest BCUT2D eigenvalue weighted by atomic mass is 32.2. The summed E-state index contributed by atoms with van der Waals surface area (Å²) in [6.07, 6.45) is -0.115. The van der Waals surface area contributed by atoms with Gasteiger partial charge in [-0.2, -0.15) is 5.48 Å². The summed E-state index contributed by atoms with van der Waals surface area (Å²) in [5.74, 6) is 0. The Morgan fingerprint density at radius 1 is 1.44 bits per heavy atom. The number of nitrogens with one attached hydrogen (secondary N) is 1. The summed E-state index contributed by atoms with van der Waals surface area (Å²) >= 11 is 7.04. The molecule has 0 saturated carbocycles. The van der Waals surface area contributed by atoms with Crippen LogP contribution in [0.1, 0.15) is 13.8 Å². The van der Waals surface area contributed by atoms with E-state index in [4.69, 9.17) is 17.0 Å². The number of rotatable bonds is 4. The van der Waals surface area contributed by atoms with E-state index in [1.54, 1.807) is 11.8 Å². The monoisotopic (exact) mass is 291 g/mol. The Hall–Kier alpha value is 0.0800. The maximum Gasteiger partial charge on any atom is 0.138 e. The van der Waals surface area contributed by atoms with E-state index in [9.17, 15) is 5.21 Å². The van der Waals surface area contributed by atoms with Gasteiger partial charge in [0, 0.05) is 26.2 Å². The van der Waals surface area contributed by atoms with Crippen molar-refractivity contribution in [3.63, 3.8) is 0 Å². The van der Waals surface area contributed by atoms with Crippen LogP contribution in [0.3, 0.4) is 0 Å². The van der Waals surface area contributed by atoms with Gasteiger partial charge in [0.2, 0.25) is 0 Å². The lowest BCUT2D eigenvalue weighted by atomic mass is 10.1. The van der Waals surface area contributed by atoms with Gasteiger partial charge in [-0.3, -0.25) is 4.90 Å². The van der Waals surface area contributed by atoms with Crippen molar-refractivity contribution in [2.75, 3.05) is 39.4 Å². The van der Waals surface area contributed by atoms with Crippen molar-refractivity contribution in [1.82, 2.24) is 15.3 Å². The molecule has 0 aliphatic carbocycles. The second-order valence-electron chi connectivity index (χ2n) is 5.15. The van der Waals surface area contributed by atoms with Crippen molar-refractivity contribution in [2.45, 2.75) is 24.8 Å². The predicted molar refractivity (Wildman–Crippen MR) is 76.9 cm³/mol. The van der Waals surface area contributed by atoms with Gasteiger partial charge in [-0.05, 0) is 13.8 Å². The van der Waals surface area contributed by atoms with E-state index >= 15 is 0 Å². The van der Waals surface area contributed by atoms with Gasteiger partial charge in [0.05, 0.1) is 18.0 Å². The quantitative estimate of drug-likeness (QED) is 0.585. The van der Waals surface area contributed by atoms with Crippen molar-refractivity contribution in [3.8, 4) is 0 Å². The van der Waals surface area contributed by atoms with Crippen molar-refractivity contribution >= 4 is 28.3 Å². The lowest BCUT2D eigenvalue weighted by Gasteiger charge is -2.33. The van der Waals surface area contributed by atoms with Crippen molar-refractivity contribution in [2.24, 2.45) is 0 Å². The van der Waals surface area contributed by atoms with Crippen LogP contribution in [0.2, 0.25) is 0 Å². The molecule has 104 valence electrons. The minimum Gasteiger partial charge on any atom is -0.379 e. The molecule has 0 aromatic carbocycles. The number of hydrogen-bond acceptors (Lipinski definition) is 6. The Morgan fingerprint density at radius 2 is 2.11 bits per heavy atom. The number of hydrogen-bond donors (Lipinski definition) is 2. The molecule has 2 saturated heterocycles. The summed E-state index contributed by atoms with van der Waals surface area (Å²) in [4.78, 5) is 4.45. The fraction of sp³-hybridized carbons (Fsp3) is 0.909.